The first-order valence-corrected chi connectivity index (χ1v) is 9.84. The molecule has 0 radical (unpaired) electrons. The van der Waals surface area contributed by atoms with Crippen molar-refractivity contribution in [1.82, 2.24) is 4.90 Å². The molecule has 0 aromatic heterocycles. The van der Waals surface area contributed by atoms with Gasteiger partial charge in [0.1, 0.15) is 5.75 Å². The molecule has 3 fully saturated rings. The summed E-state index contributed by atoms with van der Waals surface area (Å²) in [6.07, 6.45) is 6.70. The number of hydrogen-bond acceptors (Lipinski definition) is 5. The Kier molecular flexibility index (Phi) is 3.91. The van der Waals surface area contributed by atoms with E-state index in [0.717, 1.165) is 62.8 Å². The highest BCUT2D eigenvalue weighted by Crippen LogP contribution is 2.40. The summed E-state index contributed by atoms with van der Waals surface area (Å²) >= 11 is 0. The smallest absolute Gasteiger partial charge is 0.213 e. The minimum atomic E-state index is -0.418. The number of rotatable bonds is 2. The molecule has 1 aromatic rings. The Labute approximate surface area is 149 Å². The van der Waals surface area contributed by atoms with Crippen molar-refractivity contribution in [3.05, 3.63) is 23.8 Å². The molecule has 1 aliphatic carbocycles. The Bertz CT molecular complexity index is 638. The number of nitrogens with zero attached hydrogens (tertiary/aromatic N) is 2. The van der Waals surface area contributed by atoms with Crippen LogP contribution in [0.15, 0.2) is 18.2 Å². The number of benzene rings is 1. The van der Waals surface area contributed by atoms with E-state index in [1.165, 1.54) is 24.9 Å². The molecule has 5 nitrogen and oxygen atoms in total. The number of aliphatic hydroxyl groups excluding tert-OH is 1. The molecule has 1 spiro atoms. The topological polar surface area (TPSA) is 45.2 Å². The molecule has 0 amide bonds. The SMILES string of the molecule is OC1CCN(c2ccc3c(c2)COC2(CCN(C4CCC4)CC2)O3)C1. The summed E-state index contributed by atoms with van der Waals surface area (Å²) in [5.74, 6) is 0.561. The third-order valence-electron chi connectivity index (χ3n) is 6.51. The number of anilines is 1. The minimum absolute atomic E-state index is 0.201. The van der Waals surface area contributed by atoms with Crippen LogP contribution in [0.4, 0.5) is 5.69 Å². The summed E-state index contributed by atoms with van der Waals surface area (Å²) in [5, 5.41) is 9.75. The molecule has 3 aliphatic heterocycles. The molecule has 1 atom stereocenters. The van der Waals surface area contributed by atoms with E-state index in [4.69, 9.17) is 9.47 Å². The van der Waals surface area contributed by atoms with Crippen molar-refractivity contribution in [2.24, 2.45) is 0 Å². The van der Waals surface area contributed by atoms with E-state index in [0.29, 0.717) is 6.61 Å². The van der Waals surface area contributed by atoms with Gasteiger partial charge in [0, 0.05) is 56.3 Å². The lowest BCUT2D eigenvalue weighted by molar-refractivity contribution is -0.231. The Morgan fingerprint density at radius 2 is 1.92 bits per heavy atom. The van der Waals surface area contributed by atoms with Gasteiger partial charge in [0.15, 0.2) is 0 Å². The third kappa shape index (κ3) is 2.92. The molecule has 25 heavy (non-hydrogen) atoms. The van der Waals surface area contributed by atoms with Crippen molar-refractivity contribution in [3.63, 3.8) is 0 Å². The Morgan fingerprint density at radius 1 is 1.08 bits per heavy atom. The molecule has 5 rings (SSSR count). The average Bonchev–Trinajstić information content (AvgIpc) is 3.02. The summed E-state index contributed by atoms with van der Waals surface area (Å²) in [4.78, 5) is 4.87. The number of ether oxygens (including phenoxy) is 2. The van der Waals surface area contributed by atoms with E-state index in [-0.39, 0.29) is 6.10 Å². The van der Waals surface area contributed by atoms with Gasteiger partial charge in [-0.2, -0.15) is 0 Å². The highest BCUT2D eigenvalue weighted by Gasteiger charge is 2.42. The molecular weight excluding hydrogens is 316 g/mol. The zero-order valence-corrected chi connectivity index (χ0v) is 14.8. The highest BCUT2D eigenvalue weighted by molar-refractivity contribution is 5.54. The molecule has 0 bridgehead atoms. The van der Waals surface area contributed by atoms with Gasteiger partial charge in [-0.15, -0.1) is 0 Å². The molecule has 4 aliphatic rings. The number of β-amino-alcohol motifs (C(OH)–C–C–N with tert-alkyl or cyclic N) is 1. The zero-order valence-electron chi connectivity index (χ0n) is 14.8. The van der Waals surface area contributed by atoms with Crippen molar-refractivity contribution in [1.29, 1.82) is 0 Å². The van der Waals surface area contributed by atoms with Gasteiger partial charge in [-0.1, -0.05) is 6.42 Å². The summed E-state index contributed by atoms with van der Waals surface area (Å²) < 4.78 is 12.6. The fraction of sp³-hybridized carbons (Fsp3) is 0.700. The average molecular weight is 344 g/mol. The summed E-state index contributed by atoms with van der Waals surface area (Å²) in [7, 11) is 0. The van der Waals surface area contributed by atoms with Gasteiger partial charge in [-0.3, -0.25) is 4.90 Å². The van der Waals surface area contributed by atoms with Gasteiger partial charge in [0.25, 0.3) is 0 Å². The fourth-order valence-electron chi connectivity index (χ4n) is 4.62. The second kappa shape index (κ2) is 6.15. The Balaban J connectivity index is 1.27. The van der Waals surface area contributed by atoms with Crippen LogP contribution in [0.5, 0.6) is 5.75 Å². The van der Waals surface area contributed by atoms with Crippen molar-refractivity contribution in [3.8, 4) is 5.75 Å². The van der Waals surface area contributed by atoms with Gasteiger partial charge >= 0.3 is 0 Å². The second-order valence-corrected chi connectivity index (χ2v) is 8.10. The van der Waals surface area contributed by atoms with Gasteiger partial charge < -0.3 is 19.5 Å². The monoisotopic (exact) mass is 344 g/mol. The van der Waals surface area contributed by atoms with Crippen LogP contribution in [0.25, 0.3) is 0 Å². The quantitative estimate of drug-likeness (QED) is 0.893. The molecule has 5 heteroatoms. The number of fused-ring (bicyclic) bond motifs is 1. The fourth-order valence-corrected chi connectivity index (χ4v) is 4.62. The molecule has 3 heterocycles. The molecule has 2 saturated heterocycles. The zero-order chi connectivity index (χ0) is 16.9. The standard InChI is InChI=1S/C20H28N2O3/c23-18-6-9-22(13-18)17-4-5-19-15(12-17)14-24-20(25-19)7-10-21(11-8-20)16-2-1-3-16/h4-5,12,16,18,23H,1-3,6-11,13-14H2. The Morgan fingerprint density at radius 3 is 2.60 bits per heavy atom. The maximum atomic E-state index is 9.75. The summed E-state index contributed by atoms with van der Waals surface area (Å²) in [6.45, 7) is 4.44. The maximum Gasteiger partial charge on any atom is 0.213 e. The number of hydrogen-bond donors (Lipinski definition) is 1. The number of aliphatic hydroxyl groups is 1. The van der Waals surface area contributed by atoms with E-state index >= 15 is 0 Å². The van der Waals surface area contributed by atoms with Crippen molar-refractivity contribution in [2.45, 2.75) is 63.1 Å². The van der Waals surface area contributed by atoms with E-state index in [1.807, 2.05) is 0 Å². The molecule has 136 valence electrons. The predicted molar refractivity (Wildman–Crippen MR) is 95.9 cm³/mol. The van der Waals surface area contributed by atoms with Crippen LogP contribution in [-0.4, -0.2) is 54.1 Å². The lowest BCUT2D eigenvalue weighted by atomic mass is 9.89. The van der Waals surface area contributed by atoms with E-state index in [1.54, 1.807) is 0 Å². The van der Waals surface area contributed by atoms with Crippen LogP contribution >= 0.6 is 0 Å². The van der Waals surface area contributed by atoms with E-state index < -0.39 is 5.79 Å². The van der Waals surface area contributed by atoms with Gasteiger partial charge in [0.05, 0.1) is 12.7 Å². The van der Waals surface area contributed by atoms with Crippen molar-refractivity contribution in [2.75, 3.05) is 31.1 Å². The van der Waals surface area contributed by atoms with Crippen LogP contribution in [0.2, 0.25) is 0 Å². The highest BCUT2D eigenvalue weighted by atomic mass is 16.7. The second-order valence-electron chi connectivity index (χ2n) is 8.10. The first-order valence-electron chi connectivity index (χ1n) is 9.84. The normalized spacial score (nSPS) is 29.3. The van der Waals surface area contributed by atoms with Crippen LogP contribution in [-0.2, 0) is 11.3 Å². The van der Waals surface area contributed by atoms with Crippen LogP contribution in [0.3, 0.4) is 0 Å². The van der Waals surface area contributed by atoms with Crippen LogP contribution in [0, 0.1) is 0 Å². The van der Waals surface area contributed by atoms with Gasteiger partial charge in [-0.05, 0) is 37.5 Å². The number of likely N-dealkylation sites (tertiary alicyclic amines) is 1. The lowest BCUT2D eigenvalue weighted by Crippen LogP contribution is -2.54. The minimum Gasteiger partial charge on any atom is -0.462 e. The summed E-state index contributed by atoms with van der Waals surface area (Å²) in [5.41, 5.74) is 2.30. The molecule has 1 aromatic carbocycles. The first-order chi connectivity index (χ1) is 12.2. The van der Waals surface area contributed by atoms with Gasteiger partial charge in [0.2, 0.25) is 5.79 Å². The molecular formula is C20H28N2O3. The van der Waals surface area contributed by atoms with Crippen molar-refractivity contribution < 1.29 is 14.6 Å². The van der Waals surface area contributed by atoms with E-state index in [2.05, 4.69) is 28.0 Å². The van der Waals surface area contributed by atoms with Crippen LogP contribution in [0.1, 0.15) is 44.1 Å². The largest absolute Gasteiger partial charge is 0.462 e. The third-order valence-corrected chi connectivity index (χ3v) is 6.51. The van der Waals surface area contributed by atoms with Crippen LogP contribution < -0.4 is 9.64 Å². The lowest BCUT2D eigenvalue weighted by Gasteiger charge is -2.47. The van der Waals surface area contributed by atoms with E-state index in [9.17, 15) is 5.11 Å². The first kappa shape index (κ1) is 15.9. The maximum absolute atomic E-state index is 9.75. The van der Waals surface area contributed by atoms with Crippen molar-refractivity contribution >= 4 is 5.69 Å². The molecule has 1 unspecified atom stereocenters. The number of piperidine rings is 1. The molecule has 1 N–H and O–H groups in total. The van der Waals surface area contributed by atoms with Gasteiger partial charge in [-0.25, -0.2) is 0 Å². The molecule has 1 saturated carbocycles. The predicted octanol–water partition coefficient (Wildman–Crippen LogP) is 2.51. The Hall–Kier alpha value is -1.30. The summed E-state index contributed by atoms with van der Waals surface area (Å²) in [6, 6.07) is 7.20.